The van der Waals surface area contributed by atoms with E-state index in [1.807, 2.05) is 31.2 Å². The Hall–Kier alpha value is -1.62. The summed E-state index contributed by atoms with van der Waals surface area (Å²) in [5.41, 5.74) is 2.39. The van der Waals surface area contributed by atoms with E-state index in [4.69, 9.17) is 4.74 Å². The standard InChI is InChI=1S/C13H13BrN2O2/c1-3-18-13(17)11-8-12(14)15-16(11)10-6-4-9(2)5-7-10/h4-8H,3H2,1-2H3. The summed E-state index contributed by atoms with van der Waals surface area (Å²) in [6, 6.07) is 9.42. The maximum absolute atomic E-state index is 11.8. The Morgan fingerprint density at radius 1 is 1.39 bits per heavy atom. The number of ether oxygens (including phenoxy) is 1. The minimum Gasteiger partial charge on any atom is -0.461 e. The third-order valence-corrected chi connectivity index (χ3v) is 2.83. The molecule has 0 saturated heterocycles. The van der Waals surface area contributed by atoms with Crippen molar-refractivity contribution in [3.8, 4) is 5.69 Å². The first kappa shape index (κ1) is 12.8. The summed E-state index contributed by atoms with van der Waals surface area (Å²) in [6.45, 7) is 4.13. The molecule has 0 fully saturated rings. The van der Waals surface area contributed by atoms with Crippen LogP contribution >= 0.6 is 15.9 Å². The molecule has 0 spiro atoms. The number of nitrogens with zero attached hydrogens (tertiary/aromatic N) is 2. The third-order valence-electron chi connectivity index (χ3n) is 2.44. The average Bonchev–Trinajstić information content (AvgIpc) is 2.73. The summed E-state index contributed by atoms with van der Waals surface area (Å²) < 4.78 is 7.18. The fourth-order valence-electron chi connectivity index (χ4n) is 1.59. The molecule has 0 saturated carbocycles. The summed E-state index contributed by atoms with van der Waals surface area (Å²) >= 11 is 3.27. The summed E-state index contributed by atoms with van der Waals surface area (Å²) in [5, 5.41) is 4.25. The molecule has 0 aliphatic heterocycles. The molecule has 4 nitrogen and oxygen atoms in total. The Balaban J connectivity index is 2.44. The highest BCUT2D eigenvalue weighted by atomic mass is 79.9. The molecular weight excluding hydrogens is 296 g/mol. The Kier molecular flexibility index (Phi) is 3.81. The number of aryl methyl sites for hydroxylation is 1. The van der Waals surface area contributed by atoms with Crippen LogP contribution in [-0.4, -0.2) is 22.4 Å². The maximum Gasteiger partial charge on any atom is 0.357 e. The van der Waals surface area contributed by atoms with Crippen molar-refractivity contribution >= 4 is 21.9 Å². The van der Waals surface area contributed by atoms with Gasteiger partial charge in [0, 0.05) is 6.07 Å². The number of rotatable bonds is 3. The largest absolute Gasteiger partial charge is 0.461 e. The molecule has 1 aromatic carbocycles. The number of carbonyl (C=O) groups excluding carboxylic acids is 1. The van der Waals surface area contributed by atoms with Crippen LogP contribution in [-0.2, 0) is 4.74 Å². The van der Waals surface area contributed by atoms with Crippen molar-refractivity contribution in [2.24, 2.45) is 0 Å². The maximum atomic E-state index is 11.8. The first-order valence-corrected chi connectivity index (χ1v) is 6.41. The molecule has 1 heterocycles. The predicted molar refractivity (Wildman–Crippen MR) is 72.0 cm³/mol. The van der Waals surface area contributed by atoms with E-state index in [9.17, 15) is 4.79 Å². The van der Waals surface area contributed by atoms with Crippen LogP contribution in [0.5, 0.6) is 0 Å². The zero-order valence-electron chi connectivity index (χ0n) is 10.2. The number of carbonyl (C=O) groups is 1. The lowest BCUT2D eigenvalue weighted by Crippen LogP contribution is -2.11. The van der Waals surface area contributed by atoms with Crippen molar-refractivity contribution < 1.29 is 9.53 Å². The zero-order chi connectivity index (χ0) is 13.1. The van der Waals surface area contributed by atoms with E-state index in [-0.39, 0.29) is 5.97 Å². The molecule has 0 aliphatic rings. The molecule has 5 heteroatoms. The van der Waals surface area contributed by atoms with Gasteiger partial charge in [-0.25, -0.2) is 9.48 Å². The van der Waals surface area contributed by atoms with Gasteiger partial charge in [0.2, 0.25) is 0 Å². The Morgan fingerprint density at radius 2 is 2.06 bits per heavy atom. The van der Waals surface area contributed by atoms with Crippen LogP contribution in [0.1, 0.15) is 23.0 Å². The molecule has 2 rings (SSSR count). The first-order valence-electron chi connectivity index (χ1n) is 5.61. The summed E-state index contributed by atoms with van der Waals surface area (Å²) in [7, 11) is 0. The monoisotopic (exact) mass is 308 g/mol. The second-order valence-electron chi connectivity index (χ2n) is 3.82. The second kappa shape index (κ2) is 5.35. The van der Waals surface area contributed by atoms with Crippen molar-refractivity contribution in [1.82, 2.24) is 9.78 Å². The Bertz CT molecular complexity index is 561. The number of hydrogen-bond donors (Lipinski definition) is 0. The topological polar surface area (TPSA) is 44.1 Å². The molecule has 0 bridgehead atoms. The molecule has 18 heavy (non-hydrogen) atoms. The highest BCUT2D eigenvalue weighted by Gasteiger charge is 2.16. The van der Waals surface area contributed by atoms with Crippen LogP contribution in [0.25, 0.3) is 5.69 Å². The van der Waals surface area contributed by atoms with Gasteiger partial charge in [-0.15, -0.1) is 0 Å². The van der Waals surface area contributed by atoms with Gasteiger partial charge in [0.25, 0.3) is 0 Å². The number of esters is 1. The number of halogens is 1. The van der Waals surface area contributed by atoms with Crippen molar-refractivity contribution in [2.45, 2.75) is 13.8 Å². The first-order chi connectivity index (χ1) is 8.61. The lowest BCUT2D eigenvalue weighted by Gasteiger charge is -2.06. The summed E-state index contributed by atoms with van der Waals surface area (Å²) in [4.78, 5) is 11.8. The van der Waals surface area contributed by atoms with Crippen LogP contribution < -0.4 is 0 Å². The summed E-state index contributed by atoms with van der Waals surface area (Å²) in [5.74, 6) is -0.378. The lowest BCUT2D eigenvalue weighted by molar-refractivity contribution is 0.0516. The minimum absolute atomic E-state index is 0.343. The minimum atomic E-state index is -0.378. The van der Waals surface area contributed by atoms with Gasteiger partial charge < -0.3 is 4.74 Å². The fraction of sp³-hybridized carbons (Fsp3) is 0.231. The van der Waals surface area contributed by atoms with E-state index in [0.29, 0.717) is 16.9 Å². The van der Waals surface area contributed by atoms with Crippen LogP contribution in [0.4, 0.5) is 0 Å². The van der Waals surface area contributed by atoms with E-state index in [1.54, 1.807) is 17.7 Å². The Morgan fingerprint density at radius 3 is 2.67 bits per heavy atom. The van der Waals surface area contributed by atoms with Crippen LogP contribution in [0.2, 0.25) is 0 Å². The van der Waals surface area contributed by atoms with Crippen molar-refractivity contribution in [2.75, 3.05) is 6.61 Å². The van der Waals surface area contributed by atoms with Gasteiger partial charge in [0.05, 0.1) is 12.3 Å². The molecule has 94 valence electrons. The van der Waals surface area contributed by atoms with Gasteiger partial charge in [-0.3, -0.25) is 0 Å². The molecule has 0 N–H and O–H groups in total. The van der Waals surface area contributed by atoms with Gasteiger partial charge in [0.1, 0.15) is 4.60 Å². The summed E-state index contributed by atoms with van der Waals surface area (Å²) in [6.07, 6.45) is 0. The van der Waals surface area contributed by atoms with Crippen molar-refractivity contribution in [3.05, 3.63) is 46.2 Å². The molecule has 2 aromatic rings. The second-order valence-corrected chi connectivity index (χ2v) is 4.63. The van der Waals surface area contributed by atoms with Gasteiger partial charge in [0.15, 0.2) is 5.69 Å². The third kappa shape index (κ3) is 2.61. The number of benzene rings is 1. The zero-order valence-corrected chi connectivity index (χ0v) is 11.8. The SMILES string of the molecule is CCOC(=O)c1cc(Br)nn1-c1ccc(C)cc1. The molecule has 0 atom stereocenters. The van der Waals surface area contributed by atoms with Gasteiger partial charge >= 0.3 is 5.97 Å². The fourth-order valence-corrected chi connectivity index (χ4v) is 1.96. The molecule has 0 aliphatic carbocycles. The molecular formula is C13H13BrN2O2. The van der Waals surface area contributed by atoms with Crippen LogP contribution in [0.15, 0.2) is 34.9 Å². The smallest absolute Gasteiger partial charge is 0.357 e. The highest BCUT2D eigenvalue weighted by Crippen LogP contribution is 2.17. The van der Waals surface area contributed by atoms with Gasteiger partial charge in [-0.2, -0.15) is 5.10 Å². The Labute approximate surface area is 114 Å². The van der Waals surface area contributed by atoms with Gasteiger partial charge in [-0.1, -0.05) is 17.7 Å². The molecule has 0 amide bonds. The normalized spacial score (nSPS) is 10.4. The average molecular weight is 309 g/mol. The molecule has 0 unspecified atom stereocenters. The lowest BCUT2D eigenvalue weighted by atomic mass is 10.2. The van der Waals surface area contributed by atoms with Crippen molar-refractivity contribution in [3.63, 3.8) is 0 Å². The number of aromatic nitrogens is 2. The highest BCUT2D eigenvalue weighted by molar-refractivity contribution is 9.10. The van der Waals surface area contributed by atoms with E-state index in [2.05, 4.69) is 21.0 Å². The number of hydrogen-bond acceptors (Lipinski definition) is 3. The predicted octanol–water partition coefficient (Wildman–Crippen LogP) is 3.12. The van der Waals surface area contributed by atoms with Crippen molar-refractivity contribution in [1.29, 1.82) is 0 Å². The van der Waals surface area contributed by atoms with Crippen LogP contribution in [0.3, 0.4) is 0 Å². The van der Waals surface area contributed by atoms with Gasteiger partial charge in [-0.05, 0) is 41.9 Å². The quantitative estimate of drug-likeness (QED) is 0.818. The molecule has 1 aromatic heterocycles. The van der Waals surface area contributed by atoms with E-state index < -0.39 is 0 Å². The van der Waals surface area contributed by atoms with Crippen LogP contribution in [0, 0.1) is 6.92 Å². The van der Waals surface area contributed by atoms with E-state index in [1.165, 1.54) is 0 Å². The van der Waals surface area contributed by atoms with E-state index >= 15 is 0 Å². The van der Waals surface area contributed by atoms with E-state index in [0.717, 1.165) is 11.3 Å². The molecule has 0 radical (unpaired) electrons.